The number of anilines is 2. The molecule has 1 aliphatic carbocycles. The third kappa shape index (κ3) is 5.55. The first-order valence-corrected chi connectivity index (χ1v) is 13.4. The number of nitrogens with zero attached hydrogens (tertiary/aromatic N) is 2. The molecule has 0 bridgehead atoms. The lowest BCUT2D eigenvalue weighted by atomic mass is 9.91. The summed E-state index contributed by atoms with van der Waals surface area (Å²) in [6, 6.07) is 15.5. The SMILES string of the molecule is C=C(Nc1ccc2c(c1)CCCC2)C(=C)c1cc(-c2cncc(CN3CCCCC3)c2)ccc1NC. The van der Waals surface area contributed by atoms with Gasteiger partial charge in [-0.25, -0.2) is 0 Å². The summed E-state index contributed by atoms with van der Waals surface area (Å²) in [5.74, 6) is 0. The topological polar surface area (TPSA) is 40.2 Å². The van der Waals surface area contributed by atoms with Crippen LogP contribution in [0.1, 0.15) is 54.4 Å². The van der Waals surface area contributed by atoms with Gasteiger partial charge in [0.05, 0.1) is 0 Å². The molecule has 0 saturated carbocycles. The summed E-state index contributed by atoms with van der Waals surface area (Å²) in [6.07, 6.45) is 12.8. The third-order valence-electron chi connectivity index (χ3n) is 7.61. The summed E-state index contributed by atoms with van der Waals surface area (Å²) in [6.45, 7) is 12.1. The number of aryl methyl sites for hydroxylation is 2. The van der Waals surface area contributed by atoms with Gasteiger partial charge in [-0.3, -0.25) is 9.88 Å². The molecule has 5 rings (SSSR count). The molecule has 2 N–H and O–H groups in total. The smallest absolute Gasteiger partial charge is 0.0418 e. The van der Waals surface area contributed by atoms with E-state index >= 15 is 0 Å². The zero-order valence-electron chi connectivity index (χ0n) is 21.6. The Kier molecular flexibility index (Phi) is 7.52. The normalized spacial score (nSPS) is 15.7. The fourth-order valence-corrected chi connectivity index (χ4v) is 5.52. The second-order valence-corrected chi connectivity index (χ2v) is 10.2. The van der Waals surface area contributed by atoms with Crippen LogP contribution in [0.4, 0.5) is 11.4 Å². The van der Waals surface area contributed by atoms with Crippen molar-refractivity contribution in [1.29, 1.82) is 0 Å². The molecule has 0 spiro atoms. The highest BCUT2D eigenvalue weighted by atomic mass is 15.1. The summed E-state index contributed by atoms with van der Waals surface area (Å²) in [5, 5.41) is 6.84. The van der Waals surface area contributed by atoms with Crippen LogP contribution in [-0.4, -0.2) is 30.0 Å². The second kappa shape index (κ2) is 11.1. The molecular weight excluding hydrogens is 440 g/mol. The minimum absolute atomic E-state index is 0.816. The Labute approximate surface area is 216 Å². The van der Waals surface area contributed by atoms with Crippen molar-refractivity contribution < 1.29 is 0 Å². The van der Waals surface area contributed by atoms with E-state index in [9.17, 15) is 0 Å². The first kappa shape index (κ1) is 24.3. The van der Waals surface area contributed by atoms with Gasteiger partial charge in [-0.2, -0.15) is 0 Å². The molecule has 1 saturated heterocycles. The molecule has 186 valence electrons. The molecule has 1 fully saturated rings. The summed E-state index contributed by atoms with van der Waals surface area (Å²) < 4.78 is 0. The van der Waals surface area contributed by atoms with Gasteiger partial charge in [0.2, 0.25) is 0 Å². The van der Waals surface area contributed by atoms with Gasteiger partial charge in [0, 0.05) is 54.2 Å². The lowest BCUT2D eigenvalue weighted by molar-refractivity contribution is 0.220. The Morgan fingerprint density at radius 2 is 1.67 bits per heavy atom. The van der Waals surface area contributed by atoms with Crippen LogP contribution in [0, 0.1) is 0 Å². The largest absolute Gasteiger partial charge is 0.388 e. The number of piperidine rings is 1. The zero-order chi connectivity index (χ0) is 24.9. The number of hydrogen-bond acceptors (Lipinski definition) is 4. The molecule has 4 heteroatoms. The average molecular weight is 479 g/mol. The molecule has 3 aromatic rings. The zero-order valence-corrected chi connectivity index (χ0v) is 21.6. The van der Waals surface area contributed by atoms with E-state index in [0.29, 0.717) is 0 Å². The standard InChI is InChI=1S/C32H38N4/c1-23(24(2)35-30-13-11-26-9-5-6-10-27(26)18-30)31-19-28(12-14-32(31)33-3)29-17-25(20-34-21-29)22-36-15-7-4-8-16-36/h11-14,17-21,33,35H,1-2,4-10,15-16,22H2,3H3. The third-order valence-corrected chi connectivity index (χ3v) is 7.61. The van der Waals surface area contributed by atoms with E-state index in [1.807, 2.05) is 19.4 Å². The van der Waals surface area contributed by atoms with Gasteiger partial charge in [-0.15, -0.1) is 0 Å². The van der Waals surface area contributed by atoms with Gasteiger partial charge in [-0.05, 0) is 110 Å². The molecule has 0 unspecified atom stereocenters. The number of allylic oxidation sites excluding steroid dienone is 1. The van der Waals surface area contributed by atoms with Crippen molar-refractivity contribution in [3.8, 4) is 11.1 Å². The van der Waals surface area contributed by atoms with E-state index in [1.165, 1.54) is 68.3 Å². The fourth-order valence-electron chi connectivity index (χ4n) is 5.52. The number of benzene rings is 2. The first-order valence-electron chi connectivity index (χ1n) is 13.4. The Balaban J connectivity index is 1.35. The fraction of sp³-hybridized carbons (Fsp3) is 0.344. The van der Waals surface area contributed by atoms with Crippen molar-refractivity contribution in [3.63, 3.8) is 0 Å². The lowest BCUT2D eigenvalue weighted by Gasteiger charge is -2.26. The van der Waals surface area contributed by atoms with Crippen molar-refractivity contribution in [2.45, 2.75) is 51.5 Å². The van der Waals surface area contributed by atoms with Crippen LogP contribution in [0.3, 0.4) is 0 Å². The Morgan fingerprint density at radius 1 is 0.861 bits per heavy atom. The van der Waals surface area contributed by atoms with Crippen LogP contribution in [-0.2, 0) is 19.4 Å². The number of nitrogens with one attached hydrogen (secondary N) is 2. The number of rotatable bonds is 8. The minimum atomic E-state index is 0.816. The second-order valence-electron chi connectivity index (χ2n) is 10.2. The van der Waals surface area contributed by atoms with Gasteiger partial charge < -0.3 is 10.6 Å². The summed E-state index contributed by atoms with van der Waals surface area (Å²) in [7, 11) is 1.95. The van der Waals surface area contributed by atoms with E-state index in [1.54, 1.807) is 0 Å². The number of aromatic nitrogens is 1. The first-order chi connectivity index (χ1) is 17.6. The van der Waals surface area contributed by atoms with Gasteiger partial charge in [0.25, 0.3) is 0 Å². The highest BCUT2D eigenvalue weighted by Gasteiger charge is 2.15. The highest BCUT2D eigenvalue weighted by Crippen LogP contribution is 2.33. The van der Waals surface area contributed by atoms with Crippen LogP contribution in [0.2, 0.25) is 0 Å². The van der Waals surface area contributed by atoms with E-state index in [0.717, 1.165) is 52.3 Å². The van der Waals surface area contributed by atoms with Crippen molar-refractivity contribution >= 4 is 16.9 Å². The molecule has 0 atom stereocenters. The van der Waals surface area contributed by atoms with Crippen LogP contribution < -0.4 is 10.6 Å². The molecular formula is C32H38N4. The number of fused-ring (bicyclic) bond motifs is 1. The maximum absolute atomic E-state index is 4.58. The number of likely N-dealkylation sites (tertiary alicyclic amines) is 1. The molecule has 0 radical (unpaired) electrons. The molecule has 2 aliphatic rings. The van der Waals surface area contributed by atoms with Gasteiger partial charge >= 0.3 is 0 Å². The van der Waals surface area contributed by atoms with Crippen molar-refractivity contribution in [2.24, 2.45) is 0 Å². The molecule has 2 heterocycles. The van der Waals surface area contributed by atoms with Gasteiger partial charge in [-0.1, -0.05) is 31.7 Å². The van der Waals surface area contributed by atoms with Crippen LogP contribution in [0.15, 0.2) is 73.7 Å². The van der Waals surface area contributed by atoms with Crippen LogP contribution in [0.5, 0.6) is 0 Å². The molecule has 2 aromatic carbocycles. The van der Waals surface area contributed by atoms with E-state index in [2.05, 4.69) is 76.1 Å². The number of hydrogen-bond donors (Lipinski definition) is 2. The van der Waals surface area contributed by atoms with Crippen molar-refractivity contribution in [1.82, 2.24) is 9.88 Å². The maximum Gasteiger partial charge on any atom is 0.0418 e. The van der Waals surface area contributed by atoms with E-state index in [4.69, 9.17) is 0 Å². The molecule has 1 aliphatic heterocycles. The quantitative estimate of drug-likeness (QED) is 0.333. The lowest BCUT2D eigenvalue weighted by Crippen LogP contribution is -2.29. The van der Waals surface area contributed by atoms with Crippen molar-refractivity contribution in [3.05, 3.63) is 96.0 Å². The minimum Gasteiger partial charge on any atom is -0.388 e. The monoisotopic (exact) mass is 478 g/mol. The van der Waals surface area contributed by atoms with Crippen LogP contribution in [0.25, 0.3) is 16.7 Å². The Hall–Kier alpha value is -3.37. The van der Waals surface area contributed by atoms with Gasteiger partial charge in [0.15, 0.2) is 0 Å². The molecule has 1 aromatic heterocycles. The van der Waals surface area contributed by atoms with Gasteiger partial charge in [0.1, 0.15) is 0 Å². The highest BCUT2D eigenvalue weighted by molar-refractivity contribution is 5.88. The van der Waals surface area contributed by atoms with E-state index < -0.39 is 0 Å². The Morgan fingerprint density at radius 3 is 2.47 bits per heavy atom. The Bertz CT molecular complexity index is 1250. The molecule has 4 nitrogen and oxygen atoms in total. The van der Waals surface area contributed by atoms with Crippen LogP contribution >= 0.6 is 0 Å². The summed E-state index contributed by atoms with van der Waals surface area (Å²) in [4.78, 5) is 7.11. The molecule has 36 heavy (non-hydrogen) atoms. The molecule has 0 amide bonds. The average Bonchev–Trinajstić information content (AvgIpc) is 2.93. The number of pyridine rings is 1. The summed E-state index contributed by atoms with van der Waals surface area (Å²) >= 11 is 0. The summed E-state index contributed by atoms with van der Waals surface area (Å²) in [5.41, 5.74) is 11.4. The van der Waals surface area contributed by atoms with E-state index in [-0.39, 0.29) is 0 Å². The predicted molar refractivity (Wildman–Crippen MR) is 153 cm³/mol. The maximum atomic E-state index is 4.58. The van der Waals surface area contributed by atoms with Crippen molar-refractivity contribution in [2.75, 3.05) is 30.8 Å². The predicted octanol–water partition coefficient (Wildman–Crippen LogP) is 7.29.